The fourth-order valence-corrected chi connectivity index (χ4v) is 3.51. The summed E-state index contributed by atoms with van der Waals surface area (Å²) in [4.78, 5) is 29.9. The second kappa shape index (κ2) is 8.80. The molecule has 2 aromatic heterocycles. The van der Waals surface area contributed by atoms with Crippen molar-refractivity contribution in [2.45, 2.75) is 20.8 Å². The highest BCUT2D eigenvalue weighted by Crippen LogP contribution is 2.27. The van der Waals surface area contributed by atoms with Gasteiger partial charge in [0.2, 0.25) is 5.91 Å². The standard InChI is InChI=1S/C24H21ClN4O3/c1-13-7-9-16(10-8-13)20-11-17(22-15(3)29-32-24(22)28-20)23(31)26-12-21(30)27-19-6-4-5-18(25)14(19)2/h4-11H,12H2,1-3H3,(H,26,31)(H,27,30). The number of aromatic nitrogens is 2. The third kappa shape index (κ3) is 4.33. The largest absolute Gasteiger partial charge is 0.343 e. The number of carbonyl (C=O) groups is 2. The molecular formula is C24H21ClN4O3. The number of nitrogens with one attached hydrogen (secondary N) is 2. The minimum atomic E-state index is -0.421. The SMILES string of the molecule is Cc1ccc(-c2cc(C(=O)NCC(=O)Nc3cccc(Cl)c3C)c3c(C)noc3n2)cc1. The van der Waals surface area contributed by atoms with E-state index in [0.717, 1.165) is 16.7 Å². The van der Waals surface area contributed by atoms with Crippen molar-refractivity contribution in [1.29, 1.82) is 0 Å². The summed E-state index contributed by atoms with van der Waals surface area (Å²) >= 11 is 6.10. The van der Waals surface area contributed by atoms with Crippen LogP contribution in [0.4, 0.5) is 5.69 Å². The van der Waals surface area contributed by atoms with Crippen molar-refractivity contribution in [3.05, 3.63) is 75.9 Å². The molecule has 8 heteroatoms. The third-order valence-corrected chi connectivity index (χ3v) is 5.57. The van der Waals surface area contributed by atoms with E-state index in [-0.39, 0.29) is 18.2 Å². The van der Waals surface area contributed by atoms with Gasteiger partial charge in [0, 0.05) is 16.3 Å². The zero-order chi connectivity index (χ0) is 22.8. The number of halogens is 1. The van der Waals surface area contributed by atoms with Crippen LogP contribution >= 0.6 is 11.6 Å². The van der Waals surface area contributed by atoms with Crippen molar-refractivity contribution in [3.63, 3.8) is 0 Å². The monoisotopic (exact) mass is 448 g/mol. The lowest BCUT2D eigenvalue weighted by atomic mass is 10.0. The van der Waals surface area contributed by atoms with Crippen molar-refractivity contribution >= 4 is 40.2 Å². The molecule has 0 radical (unpaired) electrons. The van der Waals surface area contributed by atoms with Gasteiger partial charge >= 0.3 is 0 Å². The van der Waals surface area contributed by atoms with Crippen molar-refractivity contribution in [1.82, 2.24) is 15.5 Å². The van der Waals surface area contributed by atoms with E-state index in [2.05, 4.69) is 20.8 Å². The van der Waals surface area contributed by atoms with Crippen molar-refractivity contribution in [3.8, 4) is 11.3 Å². The van der Waals surface area contributed by atoms with Gasteiger partial charge in [-0.15, -0.1) is 0 Å². The molecular weight excluding hydrogens is 428 g/mol. The number of benzene rings is 2. The molecule has 0 saturated carbocycles. The molecule has 162 valence electrons. The molecule has 0 aliphatic heterocycles. The molecule has 0 aliphatic rings. The summed E-state index contributed by atoms with van der Waals surface area (Å²) in [6, 6.07) is 14.7. The molecule has 2 aromatic carbocycles. The molecule has 2 amide bonds. The molecule has 0 atom stereocenters. The predicted molar refractivity (Wildman–Crippen MR) is 124 cm³/mol. The van der Waals surface area contributed by atoms with Crippen LogP contribution in [0.5, 0.6) is 0 Å². The van der Waals surface area contributed by atoms with Gasteiger partial charge in [0.15, 0.2) is 0 Å². The number of nitrogens with zero attached hydrogens (tertiary/aromatic N) is 2. The van der Waals surface area contributed by atoms with Gasteiger partial charge in [0.25, 0.3) is 11.6 Å². The number of aryl methyl sites for hydroxylation is 2. The number of rotatable bonds is 5. The number of hydrogen-bond acceptors (Lipinski definition) is 5. The van der Waals surface area contributed by atoms with Crippen LogP contribution in [0, 0.1) is 20.8 Å². The summed E-state index contributed by atoms with van der Waals surface area (Å²) in [5.74, 6) is -0.787. The van der Waals surface area contributed by atoms with E-state index in [1.807, 2.05) is 38.1 Å². The van der Waals surface area contributed by atoms with Gasteiger partial charge in [0.1, 0.15) is 0 Å². The van der Waals surface area contributed by atoms with Crippen LogP contribution in [0.2, 0.25) is 5.02 Å². The predicted octanol–water partition coefficient (Wildman–Crippen LogP) is 4.84. The Morgan fingerprint density at radius 3 is 2.56 bits per heavy atom. The van der Waals surface area contributed by atoms with E-state index >= 15 is 0 Å². The minimum absolute atomic E-state index is 0.210. The normalized spacial score (nSPS) is 10.9. The topological polar surface area (TPSA) is 97.1 Å². The average molecular weight is 449 g/mol. The minimum Gasteiger partial charge on any atom is -0.343 e. The summed E-state index contributed by atoms with van der Waals surface area (Å²) < 4.78 is 5.32. The Kier molecular flexibility index (Phi) is 5.92. The molecule has 0 unspecified atom stereocenters. The van der Waals surface area contributed by atoms with Gasteiger partial charge in [-0.3, -0.25) is 9.59 Å². The van der Waals surface area contributed by atoms with E-state index in [0.29, 0.717) is 33.0 Å². The molecule has 4 rings (SSSR count). The molecule has 4 aromatic rings. The van der Waals surface area contributed by atoms with Crippen LogP contribution in [-0.2, 0) is 4.79 Å². The third-order valence-electron chi connectivity index (χ3n) is 5.16. The Morgan fingerprint density at radius 2 is 1.81 bits per heavy atom. The Labute approximate surface area is 189 Å². The second-order valence-electron chi connectivity index (χ2n) is 7.51. The van der Waals surface area contributed by atoms with Gasteiger partial charge in [0.05, 0.1) is 28.9 Å². The highest BCUT2D eigenvalue weighted by atomic mass is 35.5. The van der Waals surface area contributed by atoms with Crippen LogP contribution < -0.4 is 10.6 Å². The summed E-state index contributed by atoms with van der Waals surface area (Å²) in [5, 5.41) is 10.5. The van der Waals surface area contributed by atoms with Crippen LogP contribution in [0.3, 0.4) is 0 Å². The highest BCUT2D eigenvalue weighted by Gasteiger charge is 2.20. The van der Waals surface area contributed by atoms with Crippen molar-refractivity contribution < 1.29 is 14.1 Å². The van der Waals surface area contributed by atoms with E-state index in [9.17, 15) is 9.59 Å². The summed E-state index contributed by atoms with van der Waals surface area (Å²) in [6.07, 6.45) is 0. The number of fused-ring (bicyclic) bond motifs is 1. The van der Waals surface area contributed by atoms with E-state index < -0.39 is 5.91 Å². The molecule has 32 heavy (non-hydrogen) atoms. The summed E-state index contributed by atoms with van der Waals surface area (Å²) in [6.45, 7) is 5.34. The Hall–Kier alpha value is -3.71. The first-order valence-electron chi connectivity index (χ1n) is 10.0. The maximum absolute atomic E-state index is 13.0. The van der Waals surface area contributed by atoms with Gasteiger partial charge in [-0.25, -0.2) is 4.98 Å². The fourth-order valence-electron chi connectivity index (χ4n) is 3.34. The first-order chi connectivity index (χ1) is 15.3. The van der Waals surface area contributed by atoms with E-state index in [1.165, 1.54) is 0 Å². The molecule has 0 aliphatic carbocycles. The van der Waals surface area contributed by atoms with Crippen LogP contribution in [0.25, 0.3) is 22.4 Å². The molecule has 2 N–H and O–H groups in total. The maximum Gasteiger partial charge on any atom is 0.259 e. The molecule has 0 bridgehead atoms. The number of pyridine rings is 1. The lowest BCUT2D eigenvalue weighted by Crippen LogP contribution is -2.33. The average Bonchev–Trinajstić information content (AvgIpc) is 3.16. The maximum atomic E-state index is 13.0. The van der Waals surface area contributed by atoms with Gasteiger partial charge in [-0.2, -0.15) is 0 Å². The number of carbonyl (C=O) groups excluding carboxylic acids is 2. The second-order valence-corrected chi connectivity index (χ2v) is 7.92. The fraction of sp³-hybridized carbons (Fsp3) is 0.167. The van der Waals surface area contributed by atoms with Gasteiger partial charge < -0.3 is 15.2 Å². The Bertz CT molecular complexity index is 1330. The number of hydrogen-bond donors (Lipinski definition) is 2. The first kappa shape index (κ1) is 21.5. The van der Waals surface area contributed by atoms with E-state index in [1.54, 1.807) is 31.2 Å². The summed E-state index contributed by atoms with van der Waals surface area (Å²) in [5.41, 5.74) is 5.05. The van der Waals surface area contributed by atoms with Crippen LogP contribution in [0.1, 0.15) is 27.2 Å². The smallest absolute Gasteiger partial charge is 0.259 e. The van der Waals surface area contributed by atoms with Crippen molar-refractivity contribution in [2.24, 2.45) is 0 Å². The highest BCUT2D eigenvalue weighted by molar-refractivity contribution is 6.31. The van der Waals surface area contributed by atoms with Crippen LogP contribution in [0.15, 0.2) is 53.1 Å². The lowest BCUT2D eigenvalue weighted by molar-refractivity contribution is -0.115. The Balaban J connectivity index is 1.57. The molecule has 0 fully saturated rings. The van der Waals surface area contributed by atoms with Gasteiger partial charge in [-0.1, -0.05) is 52.7 Å². The molecule has 7 nitrogen and oxygen atoms in total. The quantitative estimate of drug-likeness (QED) is 0.455. The number of amides is 2. The molecule has 2 heterocycles. The summed E-state index contributed by atoms with van der Waals surface area (Å²) in [7, 11) is 0. The zero-order valence-corrected chi connectivity index (χ0v) is 18.6. The molecule has 0 saturated heterocycles. The molecule has 0 spiro atoms. The zero-order valence-electron chi connectivity index (χ0n) is 17.8. The Morgan fingerprint density at radius 1 is 1.06 bits per heavy atom. The van der Waals surface area contributed by atoms with Crippen LogP contribution in [-0.4, -0.2) is 28.5 Å². The number of anilines is 1. The lowest BCUT2D eigenvalue weighted by Gasteiger charge is -2.11. The van der Waals surface area contributed by atoms with Gasteiger partial charge in [-0.05, 0) is 44.5 Å². The van der Waals surface area contributed by atoms with E-state index in [4.69, 9.17) is 16.1 Å². The first-order valence-corrected chi connectivity index (χ1v) is 10.4. The van der Waals surface area contributed by atoms with Crippen molar-refractivity contribution in [2.75, 3.05) is 11.9 Å².